The standard InChI is InChI=1S/C11H13BrO2/c1-7(2)14-11-8(3)4-5-10(12)9(11)6-13/h4-7H,1-3H3. The number of rotatable bonds is 3. The first kappa shape index (κ1) is 11.2. The molecule has 0 aliphatic rings. The van der Waals surface area contributed by atoms with Gasteiger partial charge in [0.15, 0.2) is 6.29 Å². The van der Waals surface area contributed by atoms with Crippen LogP contribution in [0.15, 0.2) is 16.6 Å². The number of aryl methyl sites for hydroxylation is 1. The topological polar surface area (TPSA) is 26.3 Å². The highest BCUT2D eigenvalue weighted by Crippen LogP contribution is 2.29. The second kappa shape index (κ2) is 4.60. The molecule has 0 spiro atoms. The summed E-state index contributed by atoms with van der Waals surface area (Å²) in [5, 5.41) is 0. The van der Waals surface area contributed by atoms with E-state index in [2.05, 4.69) is 15.9 Å². The van der Waals surface area contributed by atoms with Gasteiger partial charge in [-0.2, -0.15) is 0 Å². The third-order valence-electron chi connectivity index (χ3n) is 1.81. The van der Waals surface area contributed by atoms with Crippen molar-refractivity contribution in [3.63, 3.8) is 0 Å². The fourth-order valence-corrected chi connectivity index (χ4v) is 1.59. The van der Waals surface area contributed by atoms with E-state index in [0.717, 1.165) is 16.3 Å². The Bertz CT molecular complexity index is 345. The Morgan fingerprint density at radius 3 is 2.57 bits per heavy atom. The van der Waals surface area contributed by atoms with Crippen LogP contribution in [0.4, 0.5) is 0 Å². The Labute approximate surface area is 92.4 Å². The summed E-state index contributed by atoms with van der Waals surface area (Å²) in [5.74, 6) is 0.671. The van der Waals surface area contributed by atoms with E-state index in [1.807, 2.05) is 32.9 Å². The van der Waals surface area contributed by atoms with Crippen LogP contribution >= 0.6 is 15.9 Å². The van der Waals surface area contributed by atoms with E-state index in [9.17, 15) is 4.79 Å². The number of carbonyl (C=O) groups is 1. The molecule has 0 unspecified atom stereocenters. The second-order valence-corrected chi connectivity index (χ2v) is 4.25. The van der Waals surface area contributed by atoms with Crippen LogP contribution in [0.1, 0.15) is 29.8 Å². The summed E-state index contributed by atoms with van der Waals surface area (Å²) < 4.78 is 6.36. The van der Waals surface area contributed by atoms with Gasteiger partial charge in [-0.05, 0) is 48.3 Å². The molecule has 0 amide bonds. The molecule has 0 fully saturated rings. The van der Waals surface area contributed by atoms with Gasteiger partial charge in [0.05, 0.1) is 11.7 Å². The number of benzene rings is 1. The molecule has 1 aromatic rings. The lowest BCUT2D eigenvalue weighted by Crippen LogP contribution is -2.09. The highest BCUT2D eigenvalue weighted by molar-refractivity contribution is 9.10. The molecule has 0 saturated heterocycles. The number of hydrogen-bond acceptors (Lipinski definition) is 2. The van der Waals surface area contributed by atoms with Crippen molar-refractivity contribution in [2.75, 3.05) is 0 Å². The minimum absolute atomic E-state index is 0.0710. The van der Waals surface area contributed by atoms with Crippen LogP contribution in [-0.2, 0) is 0 Å². The predicted molar refractivity (Wildman–Crippen MR) is 60.0 cm³/mol. The van der Waals surface area contributed by atoms with E-state index in [4.69, 9.17) is 4.74 Å². The zero-order chi connectivity index (χ0) is 10.7. The fourth-order valence-electron chi connectivity index (χ4n) is 1.19. The average molecular weight is 257 g/mol. The molecule has 3 heteroatoms. The summed E-state index contributed by atoms with van der Waals surface area (Å²) in [7, 11) is 0. The van der Waals surface area contributed by atoms with Gasteiger partial charge in [-0.1, -0.05) is 6.07 Å². The molecular weight excluding hydrogens is 244 g/mol. The van der Waals surface area contributed by atoms with Gasteiger partial charge in [0.1, 0.15) is 5.75 Å². The summed E-state index contributed by atoms with van der Waals surface area (Å²) >= 11 is 3.32. The lowest BCUT2D eigenvalue weighted by atomic mass is 10.1. The van der Waals surface area contributed by atoms with Crippen molar-refractivity contribution in [3.8, 4) is 5.75 Å². The smallest absolute Gasteiger partial charge is 0.154 e. The van der Waals surface area contributed by atoms with E-state index >= 15 is 0 Å². The zero-order valence-corrected chi connectivity index (χ0v) is 10.1. The van der Waals surface area contributed by atoms with Crippen LogP contribution in [0.25, 0.3) is 0 Å². The molecule has 2 nitrogen and oxygen atoms in total. The molecular formula is C11H13BrO2. The van der Waals surface area contributed by atoms with Crippen LogP contribution in [0.5, 0.6) is 5.75 Å². The van der Waals surface area contributed by atoms with Gasteiger partial charge >= 0.3 is 0 Å². The number of hydrogen-bond donors (Lipinski definition) is 0. The van der Waals surface area contributed by atoms with Gasteiger partial charge in [-0.25, -0.2) is 0 Å². The molecule has 14 heavy (non-hydrogen) atoms. The van der Waals surface area contributed by atoms with Crippen LogP contribution in [0.2, 0.25) is 0 Å². The maximum absolute atomic E-state index is 10.9. The first-order valence-electron chi connectivity index (χ1n) is 4.47. The van der Waals surface area contributed by atoms with Gasteiger partial charge in [-0.15, -0.1) is 0 Å². The van der Waals surface area contributed by atoms with Crippen molar-refractivity contribution < 1.29 is 9.53 Å². The van der Waals surface area contributed by atoms with Crippen molar-refractivity contribution in [2.45, 2.75) is 26.9 Å². The fraction of sp³-hybridized carbons (Fsp3) is 0.364. The summed E-state index contributed by atoms with van der Waals surface area (Å²) in [4.78, 5) is 10.9. The van der Waals surface area contributed by atoms with Gasteiger partial charge in [0, 0.05) is 4.47 Å². The second-order valence-electron chi connectivity index (χ2n) is 3.39. The van der Waals surface area contributed by atoms with E-state index in [1.165, 1.54) is 0 Å². The number of aldehydes is 1. The largest absolute Gasteiger partial charge is 0.490 e. The van der Waals surface area contributed by atoms with Crippen molar-refractivity contribution in [3.05, 3.63) is 27.7 Å². The molecule has 0 bridgehead atoms. The summed E-state index contributed by atoms with van der Waals surface area (Å²) in [5.41, 5.74) is 1.56. The van der Waals surface area contributed by atoms with E-state index < -0.39 is 0 Å². The summed E-state index contributed by atoms with van der Waals surface area (Å²) in [6.45, 7) is 5.81. The third kappa shape index (κ3) is 2.35. The van der Waals surface area contributed by atoms with Crippen molar-refractivity contribution in [2.24, 2.45) is 0 Å². The van der Waals surface area contributed by atoms with Crippen LogP contribution in [0.3, 0.4) is 0 Å². The molecule has 0 aromatic heterocycles. The van der Waals surface area contributed by atoms with Crippen molar-refractivity contribution in [1.29, 1.82) is 0 Å². The number of halogens is 1. The molecule has 1 rings (SSSR count). The third-order valence-corrected chi connectivity index (χ3v) is 2.50. The van der Waals surface area contributed by atoms with Crippen molar-refractivity contribution >= 4 is 22.2 Å². The monoisotopic (exact) mass is 256 g/mol. The molecule has 0 aliphatic heterocycles. The Morgan fingerprint density at radius 2 is 2.07 bits per heavy atom. The quantitative estimate of drug-likeness (QED) is 0.776. The molecule has 76 valence electrons. The van der Waals surface area contributed by atoms with Crippen LogP contribution < -0.4 is 4.74 Å². The molecule has 0 N–H and O–H groups in total. The maximum Gasteiger partial charge on any atom is 0.154 e. The minimum atomic E-state index is 0.0710. The van der Waals surface area contributed by atoms with Crippen LogP contribution in [0, 0.1) is 6.92 Å². The lowest BCUT2D eigenvalue weighted by molar-refractivity contribution is 0.111. The summed E-state index contributed by atoms with van der Waals surface area (Å²) in [6, 6.07) is 3.78. The van der Waals surface area contributed by atoms with Gasteiger partial charge < -0.3 is 4.74 Å². The zero-order valence-electron chi connectivity index (χ0n) is 8.50. The summed E-state index contributed by atoms with van der Waals surface area (Å²) in [6.07, 6.45) is 0.885. The highest BCUT2D eigenvalue weighted by Gasteiger charge is 2.11. The molecule has 0 heterocycles. The van der Waals surface area contributed by atoms with Gasteiger partial charge in [-0.3, -0.25) is 4.79 Å². The number of ether oxygens (including phenoxy) is 1. The number of carbonyl (C=O) groups excluding carboxylic acids is 1. The normalized spacial score (nSPS) is 10.4. The van der Waals surface area contributed by atoms with E-state index in [1.54, 1.807) is 0 Å². The Kier molecular flexibility index (Phi) is 3.69. The molecule has 0 saturated carbocycles. The molecule has 0 radical (unpaired) electrons. The lowest BCUT2D eigenvalue weighted by Gasteiger charge is -2.15. The highest BCUT2D eigenvalue weighted by atomic mass is 79.9. The molecule has 1 aromatic carbocycles. The van der Waals surface area contributed by atoms with Gasteiger partial charge in [0.2, 0.25) is 0 Å². The minimum Gasteiger partial charge on any atom is -0.490 e. The molecule has 0 atom stereocenters. The first-order valence-corrected chi connectivity index (χ1v) is 5.26. The predicted octanol–water partition coefficient (Wildman–Crippen LogP) is 3.36. The maximum atomic E-state index is 10.9. The Morgan fingerprint density at radius 1 is 1.43 bits per heavy atom. The first-order chi connectivity index (χ1) is 6.56. The van der Waals surface area contributed by atoms with Gasteiger partial charge in [0.25, 0.3) is 0 Å². The van der Waals surface area contributed by atoms with E-state index in [0.29, 0.717) is 11.3 Å². The van der Waals surface area contributed by atoms with Crippen LogP contribution in [-0.4, -0.2) is 12.4 Å². The average Bonchev–Trinajstić information content (AvgIpc) is 2.11. The Hall–Kier alpha value is -0.830. The Balaban J connectivity index is 3.22. The SMILES string of the molecule is Cc1ccc(Br)c(C=O)c1OC(C)C. The van der Waals surface area contributed by atoms with E-state index in [-0.39, 0.29) is 6.10 Å². The van der Waals surface area contributed by atoms with Crippen molar-refractivity contribution in [1.82, 2.24) is 0 Å². The molecule has 0 aliphatic carbocycles.